The molecule has 1 aromatic carbocycles. The van der Waals surface area contributed by atoms with Crippen molar-refractivity contribution in [3.8, 4) is 0 Å². The average Bonchev–Trinajstić information content (AvgIpc) is 3.27. The molecule has 1 aromatic heterocycles. The van der Waals surface area contributed by atoms with E-state index < -0.39 is 12.1 Å². The second-order valence-electron chi connectivity index (χ2n) is 8.10. The third-order valence-corrected chi connectivity index (χ3v) is 6.12. The van der Waals surface area contributed by atoms with Crippen molar-refractivity contribution in [1.82, 2.24) is 9.88 Å². The van der Waals surface area contributed by atoms with Gasteiger partial charge in [-0.2, -0.15) is 0 Å². The van der Waals surface area contributed by atoms with Gasteiger partial charge in [-0.1, -0.05) is 11.6 Å². The summed E-state index contributed by atoms with van der Waals surface area (Å²) in [4.78, 5) is 45.5. The minimum absolute atomic E-state index is 0.0597. The van der Waals surface area contributed by atoms with Gasteiger partial charge in [-0.3, -0.25) is 14.5 Å². The highest BCUT2D eigenvalue weighted by molar-refractivity contribution is 6.30. The molecule has 4 rings (SSSR count). The molecule has 2 aliphatic rings. The summed E-state index contributed by atoms with van der Waals surface area (Å²) in [5, 5.41) is 6.19. The first-order valence-corrected chi connectivity index (χ1v) is 11.3. The number of urea groups is 1. The normalized spacial score (nSPS) is 20.6. The Morgan fingerprint density at radius 2 is 1.85 bits per heavy atom. The van der Waals surface area contributed by atoms with E-state index in [0.717, 1.165) is 12.8 Å². The van der Waals surface area contributed by atoms with Crippen molar-refractivity contribution >= 4 is 46.6 Å². The largest absolute Gasteiger partial charge is 0.380 e. The Bertz CT molecular complexity index is 1010. The zero-order valence-electron chi connectivity index (χ0n) is 18.3. The monoisotopic (exact) mass is 471 g/mol. The Balaban J connectivity index is 1.42. The first-order valence-electron chi connectivity index (χ1n) is 10.9. The lowest BCUT2D eigenvalue weighted by atomic mass is 10.1. The second kappa shape index (κ2) is 10.2. The van der Waals surface area contributed by atoms with E-state index in [9.17, 15) is 14.4 Å². The van der Waals surface area contributed by atoms with E-state index in [1.54, 1.807) is 48.4 Å². The van der Waals surface area contributed by atoms with Crippen LogP contribution >= 0.6 is 11.6 Å². The molecule has 10 heteroatoms. The highest BCUT2D eigenvalue weighted by Crippen LogP contribution is 2.24. The van der Waals surface area contributed by atoms with E-state index >= 15 is 0 Å². The number of pyridine rings is 1. The van der Waals surface area contributed by atoms with Gasteiger partial charge in [-0.15, -0.1) is 0 Å². The van der Waals surface area contributed by atoms with Gasteiger partial charge in [0.1, 0.15) is 11.9 Å². The van der Waals surface area contributed by atoms with Crippen LogP contribution in [0.2, 0.25) is 5.02 Å². The van der Waals surface area contributed by atoms with Crippen LogP contribution in [0.5, 0.6) is 0 Å². The van der Waals surface area contributed by atoms with Gasteiger partial charge in [0.2, 0.25) is 11.8 Å². The molecular formula is C23H26ClN5O4. The number of nitrogens with one attached hydrogen (secondary N) is 2. The Labute approximate surface area is 197 Å². The predicted molar refractivity (Wildman–Crippen MR) is 125 cm³/mol. The standard InChI is InChI=1S/C23H26ClN5O4/c1-33-18-12-19(29(14-18)23(32)27-16-7-5-15(24)6-8-16)22(31)26-17-9-10-20(25-13-17)28-11-3-2-4-21(28)30/h5-10,13,18-19H,2-4,11-12,14H2,1H3,(H,26,31)(H,27,32)/t18-,19-/m1/s1. The predicted octanol–water partition coefficient (Wildman–Crippen LogP) is 3.51. The zero-order chi connectivity index (χ0) is 23.4. The van der Waals surface area contributed by atoms with Gasteiger partial charge >= 0.3 is 6.03 Å². The lowest BCUT2D eigenvalue weighted by molar-refractivity contribution is -0.120. The molecule has 0 unspecified atom stereocenters. The lowest BCUT2D eigenvalue weighted by Gasteiger charge is -2.26. The number of benzene rings is 1. The molecule has 0 spiro atoms. The van der Waals surface area contributed by atoms with Crippen LogP contribution in [0.25, 0.3) is 0 Å². The Morgan fingerprint density at radius 3 is 2.52 bits per heavy atom. The van der Waals surface area contributed by atoms with Gasteiger partial charge in [0.05, 0.1) is 18.0 Å². The van der Waals surface area contributed by atoms with Gasteiger partial charge in [0, 0.05) is 43.8 Å². The van der Waals surface area contributed by atoms with Crippen molar-refractivity contribution in [2.45, 2.75) is 37.8 Å². The van der Waals surface area contributed by atoms with E-state index in [1.165, 1.54) is 11.1 Å². The summed E-state index contributed by atoms with van der Waals surface area (Å²) < 4.78 is 5.41. The van der Waals surface area contributed by atoms with E-state index in [4.69, 9.17) is 16.3 Å². The van der Waals surface area contributed by atoms with Crippen molar-refractivity contribution in [3.63, 3.8) is 0 Å². The van der Waals surface area contributed by atoms with Gasteiger partial charge in [-0.05, 0) is 49.2 Å². The number of hydrogen-bond acceptors (Lipinski definition) is 5. The van der Waals surface area contributed by atoms with Crippen LogP contribution in [0.4, 0.5) is 22.0 Å². The van der Waals surface area contributed by atoms with Crippen LogP contribution in [0.15, 0.2) is 42.6 Å². The maximum Gasteiger partial charge on any atom is 0.322 e. The van der Waals surface area contributed by atoms with E-state index in [0.29, 0.717) is 48.1 Å². The third kappa shape index (κ3) is 5.43. The number of rotatable bonds is 5. The molecule has 33 heavy (non-hydrogen) atoms. The minimum Gasteiger partial charge on any atom is -0.380 e. The fourth-order valence-corrected chi connectivity index (χ4v) is 4.19. The summed E-state index contributed by atoms with van der Waals surface area (Å²) in [7, 11) is 1.56. The number of nitrogens with zero attached hydrogens (tertiary/aromatic N) is 3. The van der Waals surface area contributed by atoms with Gasteiger partial charge < -0.3 is 20.3 Å². The molecule has 2 aromatic rings. The number of amides is 4. The second-order valence-corrected chi connectivity index (χ2v) is 8.53. The molecule has 0 radical (unpaired) electrons. The van der Waals surface area contributed by atoms with Crippen molar-refractivity contribution in [2.75, 3.05) is 35.7 Å². The van der Waals surface area contributed by atoms with Gasteiger partial charge in [0.25, 0.3) is 0 Å². The highest BCUT2D eigenvalue weighted by Gasteiger charge is 2.40. The van der Waals surface area contributed by atoms with Crippen molar-refractivity contribution in [3.05, 3.63) is 47.6 Å². The number of aromatic nitrogens is 1. The number of ether oxygens (including phenoxy) is 1. The fourth-order valence-electron chi connectivity index (χ4n) is 4.06. The fraction of sp³-hybridized carbons (Fsp3) is 0.391. The molecule has 0 aliphatic carbocycles. The lowest BCUT2D eigenvalue weighted by Crippen LogP contribution is -2.45. The topological polar surface area (TPSA) is 104 Å². The quantitative estimate of drug-likeness (QED) is 0.694. The summed E-state index contributed by atoms with van der Waals surface area (Å²) >= 11 is 5.90. The summed E-state index contributed by atoms with van der Waals surface area (Å²) in [5.41, 5.74) is 1.07. The summed E-state index contributed by atoms with van der Waals surface area (Å²) in [6, 6.07) is 9.08. The number of methoxy groups -OCH3 is 1. The van der Waals surface area contributed by atoms with Crippen molar-refractivity contribution in [1.29, 1.82) is 0 Å². The van der Waals surface area contributed by atoms with Crippen LogP contribution in [-0.4, -0.2) is 60.1 Å². The minimum atomic E-state index is -0.703. The number of carbonyl (C=O) groups is 3. The number of carbonyl (C=O) groups excluding carboxylic acids is 3. The number of piperidine rings is 1. The maximum absolute atomic E-state index is 13.0. The Morgan fingerprint density at radius 1 is 1.09 bits per heavy atom. The van der Waals surface area contributed by atoms with Gasteiger partial charge in [0.15, 0.2) is 0 Å². The summed E-state index contributed by atoms with van der Waals surface area (Å²) in [6.45, 7) is 0.942. The zero-order valence-corrected chi connectivity index (χ0v) is 19.0. The number of likely N-dealkylation sites (tertiary alicyclic amines) is 1. The SMILES string of the molecule is CO[C@@H]1C[C@H](C(=O)Nc2ccc(N3CCCCC3=O)nc2)N(C(=O)Nc2ccc(Cl)cc2)C1. The molecule has 2 N–H and O–H groups in total. The smallest absolute Gasteiger partial charge is 0.322 e. The Kier molecular flexibility index (Phi) is 7.10. The number of hydrogen-bond donors (Lipinski definition) is 2. The molecule has 2 fully saturated rings. The van der Waals surface area contributed by atoms with Crippen molar-refractivity contribution < 1.29 is 19.1 Å². The molecule has 2 aliphatic heterocycles. The molecule has 2 atom stereocenters. The average molecular weight is 472 g/mol. The summed E-state index contributed by atoms with van der Waals surface area (Å²) in [5.74, 6) is 0.302. The van der Waals surface area contributed by atoms with E-state index in [1.807, 2.05) is 0 Å². The van der Waals surface area contributed by atoms with Crippen LogP contribution in [-0.2, 0) is 14.3 Å². The molecule has 174 valence electrons. The first-order chi connectivity index (χ1) is 15.9. The van der Waals surface area contributed by atoms with Crippen LogP contribution < -0.4 is 15.5 Å². The molecule has 0 bridgehead atoms. The number of halogens is 1. The van der Waals surface area contributed by atoms with Crippen LogP contribution in [0, 0.1) is 0 Å². The molecular weight excluding hydrogens is 446 g/mol. The molecule has 3 heterocycles. The number of anilines is 3. The van der Waals surface area contributed by atoms with E-state index in [-0.39, 0.29) is 17.9 Å². The van der Waals surface area contributed by atoms with Crippen molar-refractivity contribution in [2.24, 2.45) is 0 Å². The van der Waals surface area contributed by atoms with Crippen LogP contribution in [0.1, 0.15) is 25.7 Å². The van der Waals surface area contributed by atoms with Crippen LogP contribution in [0.3, 0.4) is 0 Å². The third-order valence-electron chi connectivity index (χ3n) is 5.87. The Hall–Kier alpha value is -3.17. The first kappa shape index (κ1) is 23.0. The summed E-state index contributed by atoms with van der Waals surface area (Å²) in [6.07, 6.45) is 4.02. The maximum atomic E-state index is 13.0. The van der Waals surface area contributed by atoms with E-state index in [2.05, 4.69) is 15.6 Å². The molecule has 9 nitrogen and oxygen atoms in total. The molecule has 4 amide bonds. The van der Waals surface area contributed by atoms with Gasteiger partial charge in [-0.25, -0.2) is 9.78 Å². The highest BCUT2D eigenvalue weighted by atomic mass is 35.5. The molecule has 2 saturated heterocycles. The molecule has 0 saturated carbocycles.